The maximum atomic E-state index is 12.9. The molecule has 0 aliphatic heterocycles. The molecule has 0 aliphatic carbocycles. The second kappa shape index (κ2) is 4.26. The molecule has 0 saturated carbocycles. The van der Waals surface area contributed by atoms with Crippen LogP contribution in [0.25, 0.3) is 11.3 Å². The van der Waals surface area contributed by atoms with Crippen molar-refractivity contribution < 1.29 is 17.6 Å². The molecule has 0 N–H and O–H groups in total. The fourth-order valence-corrected chi connectivity index (χ4v) is 1.66. The van der Waals surface area contributed by atoms with Crippen LogP contribution >= 0.6 is 0 Å². The number of benzene rings is 1. The minimum absolute atomic E-state index is 0.00500. The first-order valence-electron chi connectivity index (χ1n) is 5.16. The molecule has 1 aromatic carbocycles. The Morgan fingerprint density at radius 1 is 1.17 bits per heavy atom. The van der Waals surface area contributed by atoms with E-state index < -0.39 is 11.7 Å². The molecule has 1 heterocycles. The third-order valence-electron chi connectivity index (χ3n) is 2.50. The lowest BCUT2D eigenvalue weighted by Gasteiger charge is -2.11. The molecule has 0 atom stereocenters. The molecule has 1 nitrogen and oxygen atoms in total. The average Bonchev–Trinajstić information content (AvgIpc) is 2.74. The molecule has 2 aromatic rings. The number of rotatable bonds is 1. The van der Waals surface area contributed by atoms with Crippen molar-refractivity contribution in [2.24, 2.45) is 0 Å². The molecule has 0 unspecified atom stereocenters. The largest absolute Gasteiger partial charge is 0.461 e. The third-order valence-corrected chi connectivity index (χ3v) is 2.50. The van der Waals surface area contributed by atoms with Crippen molar-refractivity contribution in [3.8, 4) is 23.7 Å². The number of hydrogen-bond donors (Lipinski definition) is 0. The quantitative estimate of drug-likeness (QED) is 0.689. The van der Waals surface area contributed by atoms with Crippen molar-refractivity contribution in [3.05, 3.63) is 47.2 Å². The van der Waals surface area contributed by atoms with Crippen LogP contribution in [0.1, 0.15) is 16.9 Å². The highest BCUT2D eigenvalue weighted by Crippen LogP contribution is 2.38. The molecule has 4 heteroatoms. The summed E-state index contributed by atoms with van der Waals surface area (Å²) in [6, 6.07) is 6.87. The predicted octanol–water partition coefficient (Wildman–Crippen LogP) is 4.26. The summed E-state index contributed by atoms with van der Waals surface area (Å²) in [5.41, 5.74) is -0.601. The summed E-state index contributed by atoms with van der Waals surface area (Å²) >= 11 is 0. The van der Waals surface area contributed by atoms with E-state index >= 15 is 0 Å². The van der Waals surface area contributed by atoms with Gasteiger partial charge in [-0.3, -0.25) is 0 Å². The van der Waals surface area contributed by atoms with Crippen LogP contribution in [0, 0.1) is 19.3 Å². The summed E-state index contributed by atoms with van der Waals surface area (Å²) in [6.45, 7) is 1.67. The van der Waals surface area contributed by atoms with Gasteiger partial charge in [-0.25, -0.2) is 0 Å². The van der Waals surface area contributed by atoms with E-state index in [0.29, 0.717) is 5.76 Å². The van der Waals surface area contributed by atoms with E-state index in [4.69, 9.17) is 10.8 Å². The van der Waals surface area contributed by atoms with E-state index in [1.54, 1.807) is 13.0 Å². The van der Waals surface area contributed by atoms with E-state index in [1.165, 1.54) is 18.2 Å². The summed E-state index contributed by atoms with van der Waals surface area (Å²) in [5, 5.41) is 0. The lowest BCUT2D eigenvalue weighted by atomic mass is 10.0. The van der Waals surface area contributed by atoms with Crippen LogP contribution in [-0.2, 0) is 6.18 Å². The van der Waals surface area contributed by atoms with Crippen LogP contribution in [0.4, 0.5) is 13.2 Å². The zero-order chi connectivity index (χ0) is 13.3. The Morgan fingerprint density at radius 2 is 1.89 bits per heavy atom. The van der Waals surface area contributed by atoms with E-state index in [2.05, 4.69) is 5.92 Å². The summed E-state index contributed by atoms with van der Waals surface area (Å²) < 4.78 is 44.1. The van der Waals surface area contributed by atoms with E-state index in [1.807, 2.05) is 0 Å². The first kappa shape index (κ1) is 12.3. The number of hydrogen-bond acceptors (Lipinski definition) is 1. The Bertz CT molecular complexity index is 615. The molecule has 92 valence electrons. The molecule has 0 fully saturated rings. The fraction of sp³-hybridized carbons (Fsp3) is 0.143. The first-order valence-corrected chi connectivity index (χ1v) is 5.16. The molecule has 0 bridgehead atoms. The molecule has 1 aromatic heterocycles. The normalized spacial score (nSPS) is 11.3. The Balaban J connectivity index is 2.64. The summed E-state index contributed by atoms with van der Waals surface area (Å²) in [5.74, 6) is 2.93. The summed E-state index contributed by atoms with van der Waals surface area (Å²) in [7, 11) is 0. The number of alkyl halides is 3. The van der Waals surface area contributed by atoms with Crippen LogP contribution in [0.15, 0.2) is 34.7 Å². The van der Waals surface area contributed by atoms with Gasteiger partial charge < -0.3 is 4.42 Å². The number of halogens is 3. The second-order valence-corrected chi connectivity index (χ2v) is 3.81. The van der Waals surface area contributed by atoms with E-state index in [9.17, 15) is 13.2 Å². The Labute approximate surface area is 102 Å². The Morgan fingerprint density at radius 3 is 2.39 bits per heavy atom. The lowest BCUT2D eigenvalue weighted by Crippen LogP contribution is -2.07. The molecular formula is C14H9F3O. The van der Waals surface area contributed by atoms with Gasteiger partial charge in [0.1, 0.15) is 11.5 Å². The minimum Gasteiger partial charge on any atom is -0.461 e. The maximum Gasteiger partial charge on any atom is 0.417 e. The Kier molecular flexibility index (Phi) is 2.92. The molecule has 0 saturated heterocycles. The highest BCUT2D eigenvalue weighted by molar-refractivity contribution is 5.65. The van der Waals surface area contributed by atoms with Crippen LogP contribution in [0.5, 0.6) is 0 Å². The number of terminal acetylenes is 1. The van der Waals surface area contributed by atoms with Crippen molar-refractivity contribution in [2.45, 2.75) is 13.1 Å². The molecule has 18 heavy (non-hydrogen) atoms. The van der Waals surface area contributed by atoms with Crippen LogP contribution in [0.3, 0.4) is 0 Å². The highest BCUT2D eigenvalue weighted by Gasteiger charge is 2.34. The maximum absolute atomic E-state index is 12.9. The first-order chi connectivity index (χ1) is 8.41. The second-order valence-electron chi connectivity index (χ2n) is 3.81. The zero-order valence-electron chi connectivity index (χ0n) is 9.51. The van der Waals surface area contributed by atoms with E-state index in [-0.39, 0.29) is 16.9 Å². The summed E-state index contributed by atoms with van der Waals surface area (Å²) in [4.78, 5) is 0. The highest BCUT2D eigenvalue weighted by atomic mass is 19.4. The van der Waals surface area contributed by atoms with Gasteiger partial charge in [0.15, 0.2) is 0 Å². The van der Waals surface area contributed by atoms with Gasteiger partial charge in [0.2, 0.25) is 0 Å². The van der Waals surface area contributed by atoms with Gasteiger partial charge >= 0.3 is 6.18 Å². The SMILES string of the molecule is C#Cc1ccc(-c2ccc(C)o2)c(C(F)(F)F)c1. The van der Waals surface area contributed by atoms with Gasteiger partial charge in [-0.2, -0.15) is 13.2 Å². The Hall–Kier alpha value is -2.15. The van der Waals surface area contributed by atoms with Crippen molar-refractivity contribution in [2.75, 3.05) is 0 Å². The van der Waals surface area contributed by atoms with Gasteiger partial charge in [0, 0.05) is 11.1 Å². The molecular weight excluding hydrogens is 241 g/mol. The standard InChI is InChI=1S/C14H9F3O/c1-3-10-5-6-11(12(8-10)14(15,16)17)13-7-4-9(2)18-13/h1,4-8H,2H3. The monoisotopic (exact) mass is 250 g/mol. The number of furan rings is 1. The van der Waals surface area contributed by atoms with Gasteiger partial charge in [-0.05, 0) is 37.3 Å². The van der Waals surface area contributed by atoms with E-state index in [0.717, 1.165) is 6.07 Å². The van der Waals surface area contributed by atoms with Crippen molar-refractivity contribution in [1.82, 2.24) is 0 Å². The van der Waals surface area contributed by atoms with Gasteiger partial charge in [0.25, 0.3) is 0 Å². The molecule has 0 spiro atoms. The summed E-state index contributed by atoms with van der Waals surface area (Å²) in [6.07, 6.45) is 0.645. The zero-order valence-corrected chi connectivity index (χ0v) is 9.51. The van der Waals surface area contributed by atoms with Crippen LogP contribution < -0.4 is 0 Å². The average molecular weight is 250 g/mol. The third kappa shape index (κ3) is 2.25. The molecule has 2 rings (SSSR count). The van der Waals surface area contributed by atoms with Crippen LogP contribution in [0.2, 0.25) is 0 Å². The molecule has 0 amide bonds. The van der Waals surface area contributed by atoms with Crippen molar-refractivity contribution in [1.29, 1.82) is 0 Å². The topological polar surface area (TPSA) is 13.1 Å². The number of aryl methyl sites for hydroxylation is 1. The smallest absolute Gasteiger partial charge is 0.417 e. The van der Waals surface area contributed by atoms with Crippen molar-refractivity contribution >= 4 is 0 Å². The van der Waals surface area contributed by atoms with Gasteiger partial charge in [-0.15, -0.1) is 6.42 Å². The van der Waals surface area contributed by atoms with Crippen molar-refractivity contribution in [3.63, 3.8) is 0 Å². The predicted molar refractivity (Wildman–Crippen MR) is 61.8 cm³/mol. The van der Waals surface area contributed by atoms with Gasteiger partial charge in [-0.1, -0.05) is 5.92 Å². The fourth-order valence-electron chi connectivity index (χ4n) is 1.66. The van der Waals surface area contributed by atoms with Crippen LogP contribution in [-0.4, -0.2) is 0 Å². The molecule has 0 radical (unpaired) electrons. The van der Waals surface area contributed by atoms with Gasteiger partial charge in [0.05, 0.1) is 5.56 Å². The minimum atomic E-state index is -4.47. The lowest BCUT2D eigenvalue weighted by molar-refractivity contribution is -0.137. The molecule has 0 aliphatic rings.